The predicted molar refractivity (Wildman–Crippen MR) is 131 cm³/mol. The fourth-order valence-electron chi connectivity index (χ4n) is 4.72. The molecule has 4 rings (SSSR count). The lowest BCUT2D eigenvalue weighted by Gasteiger charge is -2.36. The molecule has 0 bridgehead atoms. The van der Waals surface area contributed by atoms with E-state index in [-0.39, 0.29) is 5.91 Å². The van der Waals surface area contributed by atoms with Crippen LogP contribution >= 0.6 is 0 Å². The monoisotopic (exact) mass is 431 g/mol. The normalized spacial score (nSPS) is 15.5. The van der Waals surface area contributed by atoms with Crippen LogP contribution < -0.4 is 14.8 Å². The molecule has 1 aliphatic rings. The Hall–Kier alpha value is -3.01. The van der Waals surface area contributed by atoms with Gasteiger partial charge in [0, 0.05) is 16.5 Å². The van der Waals surface area contributed by atoms with Crippen LogP contribution in [-0.2, 0) is 10.2 Å². The van der Waals surface area contributed by atoms with E-state index in [1.54, 1.807) is 7.11 Å². The van der Waals surface area contributed by atoms with Crippen molar-refractivity contribution in [2.24, 2.45) is 5.92 Å². The van der Waals surface area contributed by atoms with Crippen molar-refractivity contribution in [3.63, 3.8) is 0 Å². The molecular formula is C28H33NO3. The van der Waals surface area contributed by atoms with Crippen LogP contribution in [-0.4, -0.2) is 19.6 Å². The van der Waals surface area contributed by atoms with Gasteiger partial charge in [-0.2, -0.15) is 0 Å². The topological polar surface area (TPSA) is 47.6 Å². The standard InChI is InChI=1S/C28H33NO3/c1-20(2)19-32-26-16-15-25(23-9-5-6-10-24(23)26)29-27(30)28(17-7-4-8-18-28)21-11-13-22(31-3)14-12-21/h5-6,9-16,20H,4,7-8,17-19H2,1-3H3,(H,29,30). The fourth-order valence-corrected chi connectivity index (χ4v) is 4.72. The predicted octanol–water partition coefficient (Wildman–Crippen LogP) is 6.72. The first-order valence-corrected chi connectivity index (χ1v) is 11.6. The molecule has 0 saturated heterocycles. The van der Waals surface area contributed by atoms with E-state index in [1.807, 2.05) is 54.6 Å². The summed E-state index contributed by atoms with van der Waals surface area (Å²) in [4.78, 5) is 13.8. The van der Waals surface area contributed by atoms with Gasteiger partial charge < -0.3 is 14.8 Å². The van der Waals surface area contributed by atoms with Crippen molar-refractivity contribution in [2.45, 2.75) is 51.4 Å². The van der Waals surface area contributed by atoms with Crippen LogP contribution in [0.15, 0.2) is 60.7 Å². The van der Waals surface area contributed by atoms with E-state index in [1.165, 1.54) is 6.42 Å². The Morgan fingerprint density at radius 2 is 1.62 bits per heavy atom. The van der Waals surface area contributed by atoms with Crippen molar-refractivity contribution in [3.05, 3.63) is 66.2 Å². The number of amides is 1. The molecule has 32 heavy (non-hydrogen) atoms. The van der Waals surface area contributed by atoms with E-state index in [9.17, 15) is 4.79 Å². The maximum Gasteiger partial charge on any atom is 0.235 e. The molecule has 0 radical (unpaired) electrons. The molecule has 0 heterocycles. The molecule has 0 atom stereocenters. The number of fused-ring (bicyclic) bond motifs is 1. The summed E-state index contributed by atoms with van der Waals surface area (Å²) < 4.78 is 11.4. The summed E-state index contributed by atoms with van der Waals surface area (Å²) in [7, 11) is 1.66. The molecule has 168 valence electrons. The third kappa shape index (κ3) is 4.45. The highest BCUT2D eigenvalue weighted by molar-refractivity contribution is 6.07. The van der Waals surface area contributed by atoms with Gasteiger partial charge in [-0.05, 0) is 48.6 Å². The van der Waals surface area contributed by atoms with E-state index < -0.39 is 5.41 Å². The Morgan fingerprint density at radius 3 is 2.28 bits per heavy atom. The van der Waals surface area contributed by atoms with Crippen molar-refractivity contribution in [1.82, 2.24) is 0 Å². The zero-order chi connectivity index (χ0) is 22.6. The minimum absolute atomic E-state index is 0.0726. The summed E-state index contributed by atoms with van der Waals surface area (Å²) in [6.07, 6.45) is 5.01. The van der Waals surface area contributed by atoms with E-state index in [4.69, 9.17) is 9.47 Å². The average molecular weight is 432 g/mol. The lowest BCUT2D eigenvalue weighted by Crippen LogP contribution is -2.42. The molecule has 3 aromatic carbocycles. The number of anilines is 1. The summed E-state index contributed by atoms with van der Waals surface area (Å²) in [6, 6.07) is 20.1. The van der Waals surface area contributed by atoms with E-state index in [0.717, 1.165) is 59.2 Å². The maximum absolute atomic E-state index is 13.8. The van der Waals surface area contributed by atoms with Gasteiger partial charge in [0.2, 0.25) is 5.91 Å². The van der Waals surface area contributed by atoms with Crippen LogP contribution in [0.1, 0.15) is 51.5 Å². The minimum atomic E-state index is -0.515. The maximum atomic E-state index is 13.8. The summed E-state index contributed by atoms with van der Waals surface area (Å²) in [5, 5.41) is 5.31. The van der Waals surface area contributed by atoms with Crippen molar-refractivity contribution in [3.8, 4) is 11.5 Å². The van der Waals surface area contributed by atoms with Crippen LogP contribution in [0.5, 0.6) is 11.5 Å². The van der Waals surface area contributed by atoms with Gasteiger partial charge in [-0.3, -0.25) is 4.79 Å². The van der Waals surface area contributed by atoms with E-state index in [2.05, 4.69) is 25.2 Å². The lowest BCUT2D eigenvalue weighted by atomic mass is 9.68. The van der Waals surface area contributed by atoms with Gasteiger partial charge in [0.1, 0.15) is 11.5 Å². The van der Waals surface area contributed by atoms with Gasteiger partial charge in [-0.25, -0.2) is 0 Å². The second kappa shape index (κ2) is 9.64. The highest BCUT2D eigenvalue weighted by Gasteiger charge is 2.41. The van der Waals surface area contributed by atoms with Gasteiger partial charge in [-0.15, -0.1) is 0 Å². The molecule has 4 heteroatoms. The molecular weight excluding hydrogens is 398 g/mol. The third-order valence-corrected chi connectivity index (χ3v) is 6.49. The van der Waals surface area contributed by atoms with Gasteiger partial charge >= 0.3 is 0 Å². The number of methoxy groups -OCH3 is 1. The van der Waals surface area contributed by atoms with Crippen molar-refractivity contribution >= 4 is 22.4 Å². The number of benzene rings is 3. The summed E-state index contributed by atoms with van der Waals surface area (Å²) in [6.45, 7) is 4.94. The smallest absolute Gasteiger partial charge is 0.235 e. The van der Waals surface area contributed by atoms with Gasteiger partial charge in [0.15, 0.2) is 0 Å². The SMILES string of the molecule is COc1ccc(C2(C(=O)Nc3ccc(OCC(C)C)c4ccccc34)CCCCC2)cc1. The summed E-state index contributed by atoms with van der Waals surface area (Å²) >= 11 is 0. The highest BCUT2D eigenvalue weighted by atomic mass is 16.5. The number of hydrogen-bond donors (Lipinski definition) is 1. The quantitative estimate of drug-likeness (QED) is 0.451. The van der Waals surface area contributed by atoms with Crippen molar-refractivity contribution in [1.29, 1.82) is 0 Å². The van der Waals surface area contributed by atoms with Gasteiger partial charge in [0.05, 0.1) is 19.1 Å². The third-order valence-electron chi connectivity index (χ3n) is 6.49. The zero-order valence-electron chi connectivity index (χ0n) is 19.3. The molecule has 1 aliphatic carbocycles. The van der Waals surface area contributed by atoms with Gasteiger partial charge in [0.25, 0.3) is 0 Å². The molecule has 0 aliphatic heterocycles. The molecule has 0 aromatic heterocycles. The zero-order valence-corrected chi connectivity index (χ0v) is 19.3. The first-order valence-electron chi connectivity index (χ1n) is 11.6. The number of nitrogens with one attached hydrogen (secondary N) is 1. The molecule has 0 unspecified atom stereocenters. The van der Waals surface area contributed by atoms with E-state index >= 15 is 0 Å². The Morgan fingerprint density at radius 1 is 0.938 bits per heavy atom. The van der Waals surface area contributed by atoms with E-state index in [0.29, 0.717) is 12.5 Å². The molecule has 3 aromatic rings. The summed E-state index contributed by atoms with van der Waals surface area (Å²) in [5.41, 5.74) is 1.39. The van der Waals surface area contributed by atoms with Crippen molar-refractivity contribution < 1.29 is 14.3 Å². The second-order valence-electron chi connectivity index (χ2n) is 9.19. The molecule has 1 N–H and O–H groups in total. The van der Waals surface area contributed by atoms with Crippen molar-refractivity contribution in [2.75, 3.05) is 19.0 Å². The Labute approximate surface area is 190 Å². The molecule has 1 amide bonds. The highest BCUT2D eigenvalue weighted by Crippen LogP contribution is 2.42. The Balaban J connectivity index is 1.67. The number of hydrogen-bond acceptors (Lipinski definition) is 3. The first-order chi connectivity index (χ1) is 15.5. The lowest BCUT2D eigenvalue weighted by molar-refractivity contribution is -0.122. The van der Waals surface area contributed by atoms with Crippen LogP contribution in [0, 0.1) is 5.92 Å². The summed E-state index contributed by atoms with van der Waals surface area (Å²) in [5.74, 6) is 2.19. The number of ether oxygens (including phenoxy) is 2. The molecule has 1 saturated carbocycles. The van der Waals surface area contributed by atoms with Crippen LogP contribution in [0.4, 0.5) is 5.69 Å². The van der Waals surface area contributed by atoms with Crippen LogP contribution in [0.2, 0.25) is 0 Å². The molecule has 4 nitrogen and oxygen atoms in total. The largest absolute Gasteiger partial charge is 0.497 e. The number of carbonyl (C=O) groups is 1. The van der Waals surface area contributed by atoms with Crippen LogP contribution in [0.3, 0.4) is 0 Å². The number of carbonyl (C=O) groups excluding carboxylic acids is 1. The second-order valence-corrected chi connectivity index (χ2v) is 9.19. The van der Waals surface area contributed by atoms with Gasteiger partial charge in [-0.1, -0.05) is 69.5 Å². The van der Waals surface area contributed by atoms with Crippen LogP contribution in [0.25, 0.3) is 10.8 Å². The first kappa shape index (κ1) is 22.2. The number of rotatable bonds is 7. The Bertz CT molecular complexity index is 1070. The molecule has 0 spiro atoms. The average Bonchev–Trinajstić information content (AvgIpc) is 2.84. The molecule has 1 fully saturated rings. The minimum Gasteiger partial charge on any atom is -0.497 e. The Kier molecular flexibility index (Phi) is 6.69. The fraction of sp³-hybridized carbons (Fsp3) is 0.393.